The number of hydrogen-bond acceptors (Lipinski definition) is 4. The molecule has 0 radical (unpaired) electrons. The molecular formula is C31H35ClFNO4. The Labute approximate surface area is 228 Å². The first-order valence-electron chi connectivity index (χ1n) is 13.0. The molecule has 0 aromatic heterocycles. The van der Waals surface area contributed by atoms with E-state index in [0.29, 0.717) is 40.6 Å². The van der Waals surface area contributed by atoms with Crippen molar-refractivity contribution >= 4 is 17.6 Å². The van der Waals surface area contributed by atoms with Gasteiger partial charge in [-0.1, -0.05) is 54.1 Å². The van der Waals surface area contributed by atoms with Crippen LogP contribution in [0.5, 0.6) is 0 Å². The van der Waals surface area contributed by atoms with Gasteiger partial charge >= 0.3 is 5.97 Å². The van der Waals surface area contributed by atoms with Crippen LogP contribution in [0.25, 0.3) is 11.1 Å². The van der Waals surface area contributed by atoms with Gasteiger partial charge < -0.3 is 20.3 Å². The van der Waals surface area contributed by atoms with Crippen molar-refractivity contribution in [2.24, 2.45) is 5.92 Å². The summed E-state index contributed by atoms with van der Waals surface area (Å²) in [6.07, 6.45) is 1.65. The fourth-order valence-corrected chi connectivity index (χ4v) is 4.99. The van der Waals surface area contributed by atoms with Crippen molar-refractivity contribution in [1.82, 2.24) is 5.32 Å². The maximum atomic E-state index is 14.3. The number of carboxylic acid groups (broad SMARTS) is 1. The Bertz CT molecular complexity index is 1290. The zero-order chi connectivity index (χ0) is 27.4. The van der Waals surface area contributed by atoms with Gasteiger partial charge in [0.25, 0.3) is 0 Å². The average molecular weight is 540 g/mol. The van der Waals surface area contributed by atoms with Crippen molar-refractivity contribution in [1.29, 1.82) is 0 Å². The zero-order valence-electron chi connectivity index (χ0n) is 22.0. The van der Waals surface area contributed by atoms with Gasteiger partial charge in [0.15, 0.2) is 0 Å². The number of carbonyl (C=O) groups is 1. The number of carboxylic acids is 1. The third-order valence-electron chi connectivity index (χ3n) is 7.02. The van der Waals surface area contributed by atoms with E-state index in [0.717, 1.165) is 29.5 Å². The first-order valence-corrected chi connectivity index (χ1v) is 13.3. The van der Waals surface area contributed by atoms with Crippen molar-refractivity contribution in [3.05, 3.63) is 93.8 Å². The lowest BCUT2D eigenvalue weighted by atomic mass is 9.92. The summed E-state index contributed by atoms with van der Waals surface area (Å²) in [5.41, 5.74) is 4.10. The summed E-state index contributed by atoms with van der Waals surface area (Å²) in [6.45, 7) is 6.20. The molecule has 4 rings (SSSR count). The van der Waals surface area contributed by atoms with Gasteiger partial charge in [-0.3, -0.25) is 0 Å². The van der Waals surface area contributed by atoms with Crippen molar-refractivity contribution in [2.45, 2.75) is 57.8 Å². The highest BCUT2D eigenvalue weighted by atomic mass is 35.5. The maximum absolute atomic E-state index is 14.3. The van der Waals surface area contributed by atoms with Crippen molar-refractivity contribution < 1.29 is 24.1 Å². The van der Waals surface area contributed by atoms with E-state index in [1.807, 2.05) is 50.2 Å². The minimum absolute atomic E-state index is 0.158. The average Bonchev–Trinajstić information content (AvgIpc) is 3.70. The number of aliphatic hydroxyl groups excluding tert-OH is 1. The van der Waals surface area contributed by atoms with Crippen LogP contribution in [0.2, 0.25) is 5.02 Å². The van der Waals surface area contributed by atoms with Crippen molar-refractivity contribution in [3.63, 3.8) is 0 Å². The summed E-state index contributed by atoms with van der Waals surface area (Å²) in [4.78, 5) is 11.5. The van der Waals surface area contributed by atoms with Crippen LogP contribution in [0.4, 0.5) is 4.39 Å². The highest BCUT2D eigenvalue weighted by Crippen LogP contribution is 2.46. The topological polar surface area (TPSA) is 78.8 Å². The molecule has 7 heteroatoms. The van der Waals surface area contributed by atoms with E-state index >= 15 is 0 Å². The molecule has 1 unspecified atom stereocenters. The van der Waals surface area contributed by atoms with Crippen molar-refractivity contribution in [3.8, 4) is 11.1 Å². The molecule has 0 amide bonds. The Morgan fingerprint density at radius 2 is 1.89 bits per heavy atom. The Balaban J connectivity index is 1.41. The number of aromatic carboxylic acids is 1. The second kappa shape index (κ2) is 12.0. The van der Waals surface area contributed by atoms with Gasteiger partial charge in [-0.2, -0.15) is 0 Å². The Hall–Kier alpha value is -2.77. The van der Waals surface area contributed by atoms with E-state index in [1.54, 1.807) is 25.1 Å². The third-order valence-corrected chi connectivity index (χ3v) is 7.25. The third kappa shape index (κ3) is 7.20. The molecule has 2 atom stereocenters. The maximum Gasteiger partial charge on any atom is 0.335 e. The number of rotatable bonds is 12. The molecule has 1 aliphatic carbocycles. The normalized spacial score (nSPS) is 15.3. The summed E-state index contributed by atoms with van der Waals surface area (Å²) in [5, 5.41) is 23.8. The van der Waals surface area contributed by atoms with E-state index in [4.69, 9.17) is 16.3 Å². The smallest absolute Gasteiger partial charge is 0.335 e. The second-order valence-electron chi connectivity index (χ2n) is 10.8. The molecule has 38 heavy (non-hydrogen) atoms. The number of hydrogen-bond donors (Lipinski definition) is 3. The summed E-state index contributed by atoms with van der Waals surface area (Å²) in [7, 11) is 0. The van der Waals surface area contributed by atoms with Crippen LogP contribution in [-0.4, -0.2) is 41.0 Å². The molecule has 1 aliphatic rings. The number of aliphatic hydroxyl groups is 1. The SMILES string of the molecule is Cc1cc(-c2ccccc2C(OC[C@H](O)CNC(C)(C)Cc2ccc(Cl)cc2F)C2CC2)ccc1C(=O)O. The van der Waals surface area contributed by atoms with Crippen LogP contribution in [-0.2, 0) is 11.2 Å². The minimum Gasteiger partial charge on any atom is -0.478 e. The molecule has 1 saturated carbocycles. The first kappa shape index (κ1) is 28.2. The molecule has 3 N–H and O–H groups in total. The quantitative estimate of drug-likeness (QED) is 0.242. The molecule has 1 fully saturated rings. The van der Waals surface area contributed by atoms with E-state index in [-0.39, 0.29) is 18.5 Å². The molecule has 202 valence electrons. The van der Waals surface area contributed by atoms with Gasteiger partial charge in [0.2, 0.25) is 0 Å². The van der Waals surface area contributed by atoms with E-state index in [1.165, 1.54) is 6.07 Å². The molecule has 0 heterocycles. The Morgan fingerprint density at radius 1 is 1.16 bits per heavy atom. The number of ether oxygens (including phenoxy) is 1. The largest absolute Gasteiger partial charge is 0.478 e. The lowest BCUT2D eigenvalue weighted by Crippen LogP contribution is -2.46. The molecule has 0 saturated heterocycles. The summed E-state index contributed by atoms with van der Waals surface area (Å²) < 4.78 is 20.6. The van der Waals surface area contributed by atoms with Gasteiger partial charge in [0.05, 0.1) is 24.4 Å². The number of β-amino-alcohol motifs (C(OH)–C–C–N with tert-alkyl or cyclic N) is 1. The molecule has 0 aliphatic heterocycles. The Morgan fingerprint density at radius 3 is 2.55 bits per heavy atom. The number of halogens is 2. The van der Waals surface area contributed by atoms with Crippen LogP contribution in [0.1, 0.15) is 59.8 Å². The van der Waals surface area contributed by atoms with Gasteiger partial charge in [0, 0.05) is 17.1 Å². The second-order valence-corrected chi connectivity index (χ2v) is 11.3. The molecule has 0 spiro atoms. The van der Waals surface area contributed by atoms with Gasteiger partial charge in [0.1, 0.15) is 5.82 Å². The van der Waals surface area contributed by atoms with Crippen LogP contribution in [0.15, 0.2) is 60.7 Å². The highest BCUT2D eigenvalue weighted by molar-refractivity contribution is 6.30. The first-order chi connectivity index (χ1) is 18.0. The summed E-state index contributed by atoms with van der Waals surface area (Å²) in [5.74, 6) is -0.902. The minimum atomic E-state index is -0.939. The van der Waals surface area contributed by atoms with E-state index < -0.39 is 17.6 Å². The fraction of sp³-hybridized carbons (Fsp3) is 0.387. The van der Waals surface area contributed by atoms with Gasteiger partial charge in [-0.25, -0.2) is 9.18 Å². The number of aryl methyl sites for hydroxylation is 1. The molecule has 5 nitrogen and oxygen atoms in total. The van der Waals surface area contributed by atoms with Crippen LogP contribution in [0.3, 0.4) is 0 Å². The van der Waals surface area contributed by atoms with Crippen LogP contribution < -0.4 is 5.32 Å². The molecule has 3 aromatic rings. The predicted molar refractivity (Wildman–Crippen MR) is 148 cm³/mol. The van der Waals surface area contributed by atoms with E-state index in [9.17, 15) is 19.4 Å². The number of benzene rings is 3. The molecule has 3 aromatic carbocycles. The Kier molecular flexibility index (Phi) is 8.89. The number of nitrogens with one attached hydrogen (secondary N) is 1. The standard InChI is InChI=1S/C31H35ClFNO4/c1-19-14-21(11-13-25(19)30(36)37)26-6-4-5-7-27(26)29(20-8-9-20)38-18-24(35)17-34-31(2,3)16-22-10-12-23(32)15-28(22)33/h4-7,10-15,20,24,29,34-35H,8-9,16-18H2,1-3H3,(H,36,37)/t24-,29?/m1/s1. The molecule has 0 bridgehead atoms. The van der Waals surface area contributed by atoms with E-state index in [2.05, 4.69) is 5.32 Å². The van der Waals surface area contributed by atoms with Crippen molar-refractivity contribution in [2.75, 3.05) is 13.2 Å². The van der Waals surface area contributed by atoms with Gasteiger partial charge in [-0.05, 0) is 92.0 Å². The fourth-order valence-electron chi connectivity index (χ4n) is 4.83. The van der Waals surface area contributed by atoms with Gasteiger partial charge in [-0.15, -0.1) is 0 Å². The lowest BCUT2D eigenvalue weighted by Gasteiger charge is -2.29. The predicted octanol–water partition coefficient (Wildman–Crippen LogP) is 6.59. The zero-order valence-corrected chi connectivity index (χ0v) is 22.8. The summed E-state index contributed by atoms with van der Waals surface area (Å²) >= 11 is 5.87. The van der Waals surface area contributed by atoms with Crippen LogP contribution in [0, 0.1) is 18.7 Å². The summed E-state index contributed by atoms with van der Waals surface area (Å²) in [6, 6.07) is 18.1. The van der Waals surface area contributed by atoms with Crippen LogP contribution >= 0.6 is 11.6 Å². The molecular weight excluding hydrogens is 505 g/mol. The highest BCUT2D eigenvalue weighted by Gasteiger charge is 2.35. The monoisotopic (exact) mass is 539 g/mol. The lowest BCUT2D eigenvalue weighted by molar-refractivity contribution is -0.0209.